The van der Waals surface area contributed by atoms with E-state index in [1.807, 2.05) is 49.3 Å². The molecule has 0 bridgehead atoms. The molecule has 0 saturated carbocycles. The Bertz CT molecular complexity index is 774. The van der Waals surface area contributed by atoms with E-state index in [0.29, 0.717) is 25.3 Å². The van der Waals surface area contributed by atoms with Crippen molar-refractivity contribution in [3.8, 4) is 11.3 Å². The first kappa shape index (κ1) is 18.9. The van der Waals surface area contributed by atoms with Crippen LogP contribution in [0.2, 0.25) is 0 Å². The van der Waals surface area contributed by atoms with E-state index in [0.717, 1.165) is 24.2 Å². The van der Waals surface area contributed by atoms with Crippen molar-refractivity contribution >= 4 is 11.9 Å². The van der Waals surface area contributed by atoms with Crippen LogP contribution in [0.4, 0.5) is 4.79 Å². The van der Waals surface area contributed by atoms with Crippen molar-refractivity contribution in [3.63, 3.8) is 0 Å². The summed E-state index contributed by atoms with van der Waals surface area (Å²) in [5.74, 6) is -0.0954. The lowest BCUT2D eigenvalue weighted by molar-refractivity contribution is 0.0783. The van der Waals surface area contributed by atoms with Crippen LogP contribution in [0.15, 0.2) is 36.4 Å². The Balaban J connectivity index is 1.51. The summed E-state index contributed by atoms with van der Waals surface area (Å²) in [4.78, 5) is 28.4. The van der Waals surface area contributed by atoms with Crippen LogP contribution in [-0.4, -0.2) is 78.3 Å². The van der Waals surface area contributed by atoms with E-state index in [1.165, 1.54) is 0 Å². The normalized spacial score (nSPS) is 16.6. The minimum Gasteiger partial charge on any atom is -0.337 e. The number of likely N-dealkylation sites (N-methyl/N-ethyl adjacent to an activating group) is 1. The lowest BCUT2D eigenvalue weighted by atomic mass is 10.1. The Labute approximate surface area is 158 Å². The van der Waals surface area contributed by atoms with Crippen molar-refractivity contribution in [1.29, 1.82) is 0 Å². The average molecular weight is 370 g/mol. The fourth-order valence-corrected chi connectivity index (χ4v) is 3.05. The molecule has 0 aliphatic carbocycles. The zero-order valence-corrected chi connectivity index (χ0v) is 15.7. The number of benzene rings is 1. The molecule has 1 fully saturated rings. The summed E-state index contributed by atoms with van der Waals surface area (Å²) in [6, 6.07) is 11.3. The Hall–Kier alpha value is -2.87. The number of amides is 3. The van der Waals surface area contributed by atoms with Gasteiger partial charge in [0.05, 0.1) is 5.69 Å². The van der Waals surface area contributed by atoms with Gasteiger partial charge < -0.3 is 20.4 Å². The molecule has 1 saturated heterocycles. The topological polar surface area (TPSA) is 93.4 Å². The minimum atomic E-state index is -0.191. The average Bonchev–Trinajstić information content (AvgIpc) is 3.31. The van der Waals surface area contributed by atoms with E-state index in [2.05, 4.69) is 20.8 Å². The molecular formula is C19H26N6O2. The van der Waals surface area contributed by atoms with Crippen LogP contribution in [0.5, 0.6) is 0 Å². The molecule has 2 aromatic rings. The summed E-state index contributed by atoms with van der Waals surface area (Å²) >= 11 is 0. The molecule has 3 rings (SSSR count). The number of hydrogen-bond donors (Lipinski definition) is 3. The smallest absolute Gasteiger partial charge is 0.315 e. The predicted molar refractivity (Wildman–Crippen MR) is 103 cm³/mol. The summed E-state index contributed by atoms with van der Waals surface area (Å²) in [6.07, 6.45) is 0.743. The van der Waals surface area contributed by atoms with Gasteiger partial charge in [-0.15, -0.1) is 0 Å². The second-order valence-electron chi connectivity index (χ2n) is 6.97. The molecule has 0 unspecified atom stereocenters. The van der Waals surface area contributed by atoms with Gasteiger partial charge >= 0.3 is 6.03 Å². The van der Waals surface area contributed by atoms with Gasteiger partial charge in [0, 0.05) is 37.8 Å². The van der Waals surface area contributed by atoms with Gasteiger partial charge in [0.2, 0.25) is 0 Å². The number of urea groups is 1. The van der Waals surface area contributed by atoms with Gasteiger partial charge in [-0.1, -0.05) is 30.3 Å². The zero-order chi connectivity index (χ0) is 19.2. The first-order valence-corrected chi connectivity index (χ1v) is 9.12. The van der Waals surface area contributed by atoms with Crippen LogP contribution >= 0.6 is 0 Å². The second-order valence-corrected chi connectivity index (χ2v) is 6.97. The molecule has 27 heavy (non-hydrogen) atoms. The first-order valence-electron chi connectivity index (χ1n) is 9.12. The summed E-state index contributed by atoms with van der Waals surface area (Å²) in [5, 5.41) is 12.8. The molecule has 3 N–H and O–H groups in total. The highest BCUT2D eigenvalue weighted by Crippen LogP contribution is 2.19. The molecule has 2 heterocycles. The van der Waals surface area contributed by atoms with E-state index in [9.17, 15) is 9.59 Å². The van der Waals surface area contributed by atoms with E-state index in [1.54, 1.807) is 11.0 Å². The zero-order valence-electron chi connectivity index (χ0n) is 15.7. The fraction of sp³-hybridized carbons (Fsp3) is 0.421. The second kappa shape index (κ2) is 8.68. The van der Waals surface area contributed by atoms with Crippen molar-refractivity contribution in [3.05, 3.63) is 42.1 Å². The molecule has 8 heteroatoms. The van der Waals surface area contributed by atoms with Crippen molar-refractivity contribution in [1.82, 2.24) is 30.6 Å². The van der Waals surface area contributed by atoms with E-state index >= 15 is 0 Å². The molecule has 1 aromatic carbocycles. The fourth-order valence-electron chi connectivity index (χ4n) is 3.05. The monoisotopic (exact) mass is 370 g/mol. The van der Waals surface area contributed by atoms with Crippen molar-refractivity contribution < 1.29 is 9.59 Å². The number of rotatable bonds is 6. The molecule has 3 amide bonds. The van der Waals surface area contributed by atoms with E-state index in [4.69, 9.17) is 0 Å². The maximum Gasteiger partial charge on any atom is 0.315 e. The van der Waals surface area contributed by atoms with Crippen LogP contribution in [0.1, 0.15) is 16.9 Å². The first-order chi connectivity index (χ1) is 13.0. The third-order valence-electron chi connectivity index (χ3n) is 4.53. The molecule has 0 spiro atoms. The summed E-state index contributed by atoms with van der Waals surface area (Å²) in [6.45, 7) is 2.48. The number of aromatic nitrogens is 2. The van der Waals surface area contributed by atoms with Crippen LogP contribution in [0.3, 0.4) is 0 Å². The van der Waals surface area contributed by atoms with Crippen LogP contribution in [0, 0.1) is 0 Å². The standard InChI is InChI=1S/C19H26N6O2/c1-24(2)11-9-20-19(27)21-15-8-10-25(13-15)18(26)17-12-16(22-23-17)14-6-4-3-5-7-14/h3-7,12,15H,8-11,13H2,1-2H3,(H,22,23)(H2,20,21,27)/t15-/m1/s1. The Morgan fingerprint density at radius 3 is 2.81 bits per heavy atom. The molecule has 0 radical (unpaired) electrons. The molecular weight excluding hydrogens is 344 g/mol. The third kappa shape index (κ3) is 5.07. The highest BCUT2D eigenvalue weighted by atomic mass is 16.2. The molecule has 8 nitrogen and oxygen atoms in total. The summed E-state index contributed by atoms with van der Waals surface area (Å²) < 4.78 is 0. The van der Waals surface area contributed by atoms with Crippen molar-refractivity contribution in [2.75, 3.05) is 40.3 Å². The number of nitrogens with one attached hydrogen (secondary N) is 3. The van der Waals surface area contributed by atoms with Crippen molar-refractivity contribution in [2.45, 2.75) is 12.5 Å². The highest BCUT2D eigenvalue weighted by Gasteiger charge is 2.28. The number of H-pyrrole nitrogens is 1. The highest BCUT2D eigenvalue weighted by molar-refractivity contribution is 5.93. The predicted octanol–water partition coefficient (Wildman–Crippen LogP) is 1.15. The van der Waals surface area contributed by atoms with Gasteiger partial charge in [-0.05, 0) is 26.6 Å². The van der Waals surface area contributed by atoms with Gasteiger partial charge in [0.25, 0.3) is 5.91 Å². The third-order valence-corrected chi connectivity index (χ3v) is 4.53. The molecule has 1 aliphatic rings. The summed E-state index contributed by atoms with van der Waals surface area (Å²) in [7, 11) is 3.91. The number of carbonyl (C=O) groups excluding carboxylic acids is 2. The number of nitrogens with zero attached hydrogens (tertiary/aromatic N) is 3. The van der Waals surface area contributed by atoms with Gasteiger partial charge in [-0.3, -0.25) is 9.89 Å². The Morgan fingerprint density at radius 1 is 1.30 bits per heavy atom. The Kier molecular flexibility index (Phi) is 6.08. The number of carbonyl (C=O) groups is 2. The van der Waals surface area contributed by atoms with Crippen LogP contribution < -0.4 is 10.6 Å². The number of hydrogen-bond acceptors (Lipinski definition) is 4. The number of likely N-dealkylation sites (tertiary alicyclic amines) is 1. The van der Waals surface area contributed by atoms with Crippen LogP contribution in [0.25, 0.3) is 11.3 Å². The Morgan fingerprint density at radius 2 is 2.07 bits per heavy atom. The molecule has 1 aliphatic heterocycles. The molecule has 1 aromatic heterocycles. The van der Waals surface area contributed by atoms with Gasteiger partial charge in [-0.25, -0.2) is 4.79 Å². The van der Waals surface area contributed by atoms with Gasteiger partial charge in [0.15, 0.2) is 0 Å². The summed E-state index contributed by atoms with van der Waals surface area (Å²) in [5.41, 5.74) is 2.17. The van der Waals surface area contributed by atoms with E-state index < -0.39 is 0 Å². The lowest BCUT2D eigenvalue weighted by Crippen LogP contribution is -2.45. The minimum absolute atomic E-state index is 0.0372. The van der Waals surface area contributed by atoms with Gasteiger partial charge in [-0.2, -0.15) is 5.10 Å². The maximum absolute atomic E-state index is 12.7. The molecule has 1 atom stereocenters. The lowest BCUT2D eigenvalue weighted by Gasteiger charge is -2.17. The van der Waals surface area contributed by atoms with Gasteiger partial charge in [0.1, 0.15) is 5.69 Å². The van der Waals surface area contributed by atoms with Crippen molar-refractivity contribution in [2.24, 2.45) is 0 Å². The molecule has 144 valence electrons. The quantitative estimate of drug-likeness (QED) is 0.711. The van der Waals surface area contributed by atoms with E-state index in [-0.39, 0.29) is 18.0 Å². The largest absolute Gasteiger partial charge is 0.337 e. The van der Waals surface area contributed by atoms with Crippen LogP contribution in [-0.2, 0) is 0 Å². The maximum atomic E-state index is 12.7. The SMILES string of the molecule is CN(C)CCNC(=O)N[C@@H]1CCN(C(=O)c2cc(-c3ccccc3)n[nH]2)C1. The number of aromatic amines is 1.